The van der Waals surface area contributed by atoms with Crippen LogP contribution in [0.15, 0.2) is 24.3 Å². The summed E-state index contributed by atoms with van der Waals surface area (Å²) < 4.78 is 24.9. The molecule has 1 aromatic carbocycles. The molecule has 2 saturated heterocycles. The fourth-order valence-electron chi connectivity index (χ4n) is 3.46. The van der Waals surface area contributed by atoms with Gasteiger partial charge in [0.15, 0.2) is 0 Å². The first-order chi connectivity index (χ1) is 11.5. The zero-order chi connectivity index (χ0) is 17.1. The van der Waals surface area contributed by atoms with Crippen LogP contribution in [0.25, 0.3) is 0 Å². The average molecular weight is 336 g/mol. The summed E-state index contributed by atoms with van der Waals surface area (Å²) in [5.74, 6) is -0.262. The zero-order valence-electron chi connectivity index (χ0n) is 14.3. The van der Waals surface area contributed by atoms with Crippen molar-refractivity contribution in [1.82, 2.24) is 9.80 Å². The lowest BCUT2D eigenvalue weighted by Gasteiger charge is -2.32. The van der Waals surface area contributed by atoms with E-state index in [0.717, 1.165) is 38.1 Å². The van der Waals surface area contributed by atoms with Gasteiger partial charge in [-0.25, -0.2) is 4.39 Å². The van der Waals surface area contributed by atoms with E-state index in [9.17, 15) is 9.18 Å². The van der Waals surface area contributed by atoms with E-state index in [4.69, 9.17) is 9.47 Å². The Hall–Kier alpha value is -1.50. The van der Waals surface area contributed by atoms with E-state index in [-0.39, 0.29) is 30.5 Å². The molecule has 1 aromatic rings. The number of ether oxygens (including phenoxy) is 2. The minimum atomic E-state index is -0.220. The SMILES string of the molecule is CN(C)C(=O)CO[C@@H]1CN(Cc2ccc(F)cc2)[C@H]2CCCO[C@@H]12. The Kier molecular flexibility index (Phi) is 5.48. The summed E-state index contributed by atoms with van der Waals surface area (Å²) in [6, 6.07) is 6.91. The highest BCUT2D eigenvalue weighted by Crippen LogP contribution is 2.31. The average Bonchev–Trinajstić information content (AvgIpc) is 2.93. The predicted octanol–water partition coefficient (Wildman–Crippen LogP) is 1.66. The van der Waals surface area contributed by atoms with Crippen LogP contribution in [-0.4, -0.2) is 67.8 Å². The molecule has 0 aromatic heterocycles. The van der Waals surface area contributed by atoms with E-state index < -0.39 is 0 Å². The van der Waals surface area contributed by atoms with Crippen molar-refractivity contribution < 1.29 is 18.7 Å². The quantitative estimate of drug-likeness (QED) is 0.820. The second kappa shape index (κ2) is 7.59. The molecule has 0 aliphatic carbocycles. The van der Waals surface area contributed by atoms with Crippen molar-refractivity contribution in [2.75, 3.05) is 33.9 Å². The van der Waals surface area contributed by atoms with Gasteiger partial charge in [-0.3, -0.25) is 9.69 Å². The smallest absolute Gasteiger partial charge is 0.248 e. The number of carbonyl (C=O) groups is 1. The maximum absolute atomic E-state index is 13.1. The summed E-state index contributed by atoms with van der Waals surface area (Å²) in [6.45, 7) is 2.29. The minimum Gasteiger partial charge on any atom is -0.374 e. The fraction of sp³-hybridized carbons (Fsp3) is 0.611. The molecule has 5 nitrogen and oxygen atoms in total. The molecule has 2 fully saturated rings. The number of hydrogen-bond acceptors (Lipinski definition) is 4. The van der Waals surface area contributed by atoms with Crippen molar-refractivity contribution in [2.45, 2.75) is 37.6 Å². The second-order valence-electron chi connectivity index (χ2n) is 6.74. The molecule has 0 unspecified atom stereocenters. The highest BCUT2D eigenvalue weighted by Gasteiger charge is 2.44. The van der Waals surface area contributed by atoms with E-state index in [1.165, 1.54) is 17.0 Å². The molecule has 132 valence electrons. The highest BCUT2D eigenvalue weighted by atomic mass is 19.1. The third-order valence-corrected chi connectivity index (χ3v) is 4.80. The first-order valence-electron chi connectivity index (χ1n) is 8.46. The van der Waals surface area contributed by atoms with E-state index in [0.29, 0.717) is 6.04 Å². The number of likely N-dealkylation sites (tertiary alicyclic amines) is 1. The maximum Gasteiger partial charge on any atom is 0.248 e. The molecule has 2 aliphatic rings. The van der Waals surface area contributed by atoms with Crippen LogP contribution >= 0.6 is 0 Å². The lowest BCUT2D eigenvalue weighted by molar-refractivity contribution is -0.139. The lowest BCUT2D eigenvalue weighted by atomic mass is 10.0. The number of hydrogen-bond donors (Lipinski definition) is 0. The fourth-order valence-corrected chi connectivity index (χ4v) is 3.46. The summed E-state index contributed by atoms with van der Waals surface area (Å²) >= 11 is 0. The van der Waals surface area contributed by atoms with Gasteiger partial charge in [-0.15, -0.1) is 0 Å². The Morgan fingerprint density at radius 3 is 2.83 bits per heavy atom. The topological polar surface area (TPSA) is 42.0 Å². The number of rotatable bonds is 5. The van der Waals surface area contributed by atoms with Crippen LogP contribution in [0.2, 0.25) is 0 Å². The van der Waals surface area contributed by atoms with Gasteiger partial charge < -0.3 is 14.4 Å². The van der Waals surface area contributed by atoms with Gasteiger partial charge in [-0.05, 0) is 30.5 Å². The minimum absolute atomic E-state index is 0.00848. The molecule has 0 N–H and O–H groups in total. The van der Waals surface area contributed by atoms with Crippen molar-refractivity contribution in [3.8, 4) is 0 Å². The van der Waals surface area contributed by atoms with Crippen LogP contribution < -0.4 is 0 Å². The molecular formula is C18H25FN2O3. The Labute approximate surface area is 142 Å². The largest absolute Gasteiger partial charge is 0.374 e. The summed E-state index contributed by atoms with van der Waals surface area (Å²) in [4.78, 5) is 15.6. The van der Waals surface area contributed by atoms with Crippen LogP contribution in [0.4, 0.5) is 4.39 Å². The van der Waals surface area contributed by atoms with Crippen LogP contribution in [0.3, 0.4) is 0 Å². The Balaban J connectivity index is 1.64. The van der Waals surface area contributed by atoms with Crippen LogP contribution in [0.1, 0.15) is 18.4 Å². The number of halogens is 1. The van der Waals surface area contributed by atoms with Crippen molar-refractivity contribution in [3.05, 3.63) is 35.6 Å². The first-order valence-corrected chi connectivity index (χ1v) is 8.46. The molecule has 0 saturated carbocycles. The van der Waals surface area contributed by atoms with Gasteiger partial charge in [0.05, 0.1) is 6.10 Å². The Bertz CT molecular complexity index is 564. The molecule has 6 heteroatoms. The molecule has 24 heavy (non-hydrogen) atoms. The number of likely N-dealkylation sites (N-methyl/N-ethyl adjacent to an activating group) is 1. The first kappa shape index (κ1) is 17.3. The molecule has 0 spiro atoms. The second-order valence-corrected chi connectivity index (χ2v) is 6.74. The number of amides is 1. The Morgan fingerprint density at radius 1 is 1.38 bits per heavy atom. The predicted molar refractivity (Wildman–Crippen MR) is 88.0 cm³/mol. The van der Waals surface area contributed by atoms with Crippen molar-refractivity contribution in [3.63, 3.8) is 0 Å². The molecule has 2 aliphatic heterocycles. The van der Waals surface area contributed by atoms with Gasteiger partial charge in [-0.1, -0.05) is 12.1 Å². The molecule has 3 rings (SSSR count). The molecular weight excluding hydrogens is 311 g/mol. The third-order valence-electron chi connectivity index (χ3n) is 4.80. The number of fused-ring (bicyclic) bond motifs is 1. The van der Waals surface area contributed by atoms with Gasteiger partial charge >= 0.3 is 0 Å². The van der Waals surface area contributed by atoms with Gasteiger partial charge in [-0.2, -0.15) is 0 Å². The zero-order valence-corrected chi connectivity index (χ0v) is 14.3. The maximum atomic E-state index is 13.1. The van der Waals surface area contributed by atoms with Gasteiger partial charge in [0.25, 0.3) is 0 Å². The van der Waals surface area contributed by atoms with Crippen LogP contribution in [-0.2, 0) is 20.8 Å². The van der Waals surface area contributed by atoms with Gasteiger partial charge in [0.1, 0.15) is 18.5 Å². The van der Waals surface area contributed by atoms with Crippen molar-refractivity contribution in [1.29, 1.82) is 0 Å². The Morgan fingerprint density at radius 2 is 2.12 bits per heavy atom. The highest BCUT2D eigenvalue weighted by molar-refractivity contribution is 5.76. The lowest BCUT2D eigenvalue weighted by Crippen LogP contribution is -2.42. The molecule has 2 heterocycles. The normalized spacial score (nSPS) is 27.0. The van der Waals surface area contributed by atoms with E-state index in [1.807, 2.05) is 12.1 Å². The number of carbonyl (C=O) groups excluding carboxylic acids is 1. The third kappa shape index (κ3) is 3.94. The van der Waals surface area contributed by atoms with E-state index in [1.54, 1.807) is 14.1 Å². The molecule has 0 radical (unpaired) electrons. The van der Waals surface area contributed by atoms with Crippen molar-refractivity contribution >= 4 is 5.91 Å². The van der Waals surface area contributed by atoms with Crippen LogP contribution in [0, 0.1) is 5.82 Å². The molecule has 1 amide bonds. The number of nitrogens with zero attached hydrogens (tertiary/aromatic N) is 2. The van der Waals surface area contributed by atoms with Gasteiger partial charge in [0, 0.05) is 39.8 Å². The standard InChI is InChI=1S/C18H25FN2O3/c1-20(2)17(22)12-24-16-11-21(15-4-3-9-23-18(15)16)10-13-5-7-14(19)8-6-13/h5-8,15-16,18H,3-4,9-12H2,1-2H3/t15-,16+,18+/m0/s1. The van der Waals surface area contributed by atoms with Crippen molar-refractivity contribution in [2.24, 2.45) is 0 Å². The monoisotopic (exact) mass is 336 g/mol. The summed E-state index contributed by atoms with van der Waals surface area (Å²) in [5.41, 5.74) is 1.07. The summed E-state index contributed by atoms with van der Waals surface area (Å²) in [5, 5.41) is 0. The number of benzene rings is 1. The van der Waals surface area contributed by atoms with Crippen LogP contribution in [0.5, 0.6) is 0 Å². The van der Waals surface area contributed by atoms with E-state index in [2.05, 4.69) is 4.90 Å². The molecule has 3 atom stereocenters. The summed E-state index contributed by atoms with van der Waals surface area (Å²) in [7, 11) is 3.45. The van der Waals surface area contributed by atoms with Gasteiger partial charge in [0.2, 0.25) is 5.91 Å². The molecule has 0 bridgehead atoms. The van der Waals surface area contributed by atoms with E-state index >= 15 is 0 Å². The summed E-state index contributed by atoms with van der Waals surface area (Å²) in [6.07, 6.45) is 2.01.